The number of unbranched alkanes of at least 4 members (excludes halogenated alkanes) is 3. The third-order valence-electron chi connectivity index (χ3n) is 5.50. The van der Waals surface area contributed by atoms with E-state index in [1.807, 2.05) is 0 Å². The van der Waals surface area contributed by atoms with Gasteiger partial charge in [0, 0.05) is 0 Å². The Kier molecular flexibility index (Phi) is 9.35. The third-order valence-corrected chi connectivity index (χ3v) is 19.5. The van der Waals surface area contributed by atoms with Gasteiger partial charge in [0.05, 0.1) is 0 Å². The van der Waals surface area contributed by atoms with Crippen LogP contribution in [0.3, 0.4) is 0 Å². The van der Waals surface area contributed by atoms with Gasteiger partial charge < -0.3 is 0 Å². The molecule has 0 spiro atoms. The molecule has 22 heavy (non-hydrogen) atoms. The minimum atomic E-state index is -2.14. The summed E-state index contributed by atoms with van der Waals surface area (Å²) in [4.78, 5) is 11.7. The maximum absolute atomic E-state index is 11.7. The van der Waals surface area contributed by atoms with E-state index in [-0.39, 0.29) is 5.41 Å². The van der Waals surface area contributed by atoms with E-state index in [1.165, 1.54) is 51.8 Å². The van der Waals surface area contributed by atoms with Gasteiger partial charge in [-0.15, -0.1) is 0 Å². The molecule has 0 aromatic carbocycles. The van der Waals surface area contributed by atoms with Gasteiger partial charge in [-0.05, 0) is 0 Å². The summed E-state index contributed by atoms with van der Waals surface area (Å²) in [5, 5.41) is 0. The number of allylic oxidation sites excluding steroid dienone is 1. The van der Waals surface area contributed by atoms with Gasteiger partial charge >= 0.3 is 143 Å². The molecule has 1 fully saturated rings. The van der Waals surface area contributed by atoms with E-state index in [1.54, 1.807) is 0 Å². The topological polar surface area (TPSA) is 17.1 Å². The van der Waals surface area contributed by atoms with Crippen LogP contribution < -0.4 is 0 Å². The van der Waals surface area contributed by atoms with Crippen LogP contribution >= 0.6 is 0 Å². The molecule has 1 rings (SSSR count). The molecule has 0 bridgehead atoms. The summed E-state index contributed by atoms with van der Waals surface area (Å²) in [6.45, 7) is 9.30. The predicted molar refractivity (Wildman–Crippen MR) is 101 cm³/mol. The van der Waals surface area contributed by atoms with Gasteiger partial charge in [-0.1, -0.05) is 0 Å². The van der Waals surface area contributed by atoms with E-state index < -0.39 is 18.4 Å². The fourth-order valence-corrected chi connectivity index (χ4v) is 18.6. The van der Waals surface area contributed by atoms with Crippen molar-refractivity contribution in [3.8, 4) is 0 Å². The fraction of sp³-hybridized carbons (Fsp3) is 0.850. The molecule has 0 heterocycles. The van der Waals surface area contributed by atoms with Crippen molar-refractivity contribution in [3.05, 3.63) is 10.2 Å². The molecule has 0 N–H and O–H groups in total. The Balaban J connectivity index is 2.86. The standard InChI is InChI=1S/C8H11O.3C4H9.Sn/c1-3-8(2)5-4-7(9)6-8;3*1-3-4-2;/h1,3H,4-6H2,2H3;3*1,3-4H2,2H3;. The molecule has 1 atom stereocenters. The van der Waals surface area contributed by atoms with Gasteiger partial charge in [0.2, 0.25) is 0 Å². The van der Waals surface area contributed by atoms with E-state index in [0.29, 0.717) is 5.78 Å². The molecular weight excluding hydrogens is 375 g/mol. The average Bonchev–Trinajstić information content (AvgIpc) is 2.86. The summed E-state index contributed by atoms with van der Waals surface area (Å²) >= 11 is -2.14. The molecule has 128 valence electrons. The molecule has 0 aromatic heterocycles. The van der Waals surface area contributed by atoms with Gasteiger partial charge in [0.1, 0.15) is 0 Å². The summed E-state index contributed by atoms with van der Waals surface area (Å²) in [6.07, 6.45) is 13.5. The quantitative estimate of drug-likeness (QED) is 0.345. The van der Waals surface area contributed by atoms with E-state index in [2.05, 4.69) is 37.9 Å². The van der Waals surface area contributed by atoms with Crippen LogP contribution in [0, 0.1) is 5.41 Å². The molecule has 0 radical (unpaired) electrons. The molecule has 1 aliphatic rings. The van der Waals surface area contributed by atoms with Crippen LogP contribution in [0.1, 0.15) is 85.5 Å². The van der Waals surface area contributed by atoms with Crippen molar-refractivity contribution in [2.45, 2.75) is 98.8 Å². The molecule has 1 nitrogen and oxygen atoms in total. The van der Waals surface area contributed by atoms with Crippen LogP contribution in [-0.2, 0) is 4.79 Å². The number of carbonyl (C=O) groups is 1. The van der Waals surface area contributed by atoms with Crippen LogP contribution in [0.2, 0.25) is 13.3 Å². The Labute approximate surface area is 143 Å². The first kappa shape index (κ1) is 20.3. The number of Topliss-reactive ketones (excluding diaryl/α,β-unsaturated/α-hetero) is 1. The minimum absolute atomic E-state index is 0.184. The van der Waals surface area contributed by atoms with Crippen molar-refractivity contribution < 1.29 is 4.79 Å². The Morgan fingerprint density at radius 3 is 1.86 bits per heavy atom. The molecule has 1 saturated carbocycles. The second-order valence-corrected chi connectivity index (χ2v) is 20.9. The summed E-state index contributed by atoms with van der Waals surface area (Å²) in [5.41, 5.74) is 0.184. The van der Waals surface area contributed by atoms with Crippen LogP contribution in [0.15, 0.2) is 10.2 Å². The SMILES string of the molecule is CCC[CH2][Sn](/[CH]=C\C1(C)CCC(=O)C1)([CH2]CCC)[CH2]CCC. The zero-order valence-corrected chi connectivity index (χ0v) is 18.4. The molecular formula is C20H38OSn. The van der Waals surface area contributed by atoms with Crippen molar-refractivity contribution in [2.75, 3.05) is 0 Å². The van der Waals surface area contributed by atoms with Gasteiger partial charge in [-0.2, -0.15) is 0 Å². The molecule has 1 unspecified atom stereocenters. The Hall–Kier alpha value is 0.209. The first-order chi connectivity index (χ1) is 10.5. The van der Waals surface area contributed by atoms with Crippen molar-refractivity contribution >= 4 is 24.2 Å². The summed E-state index contributed by atoms with van der Waals surface area (Å²) < 4.78 is 7.36. The number of hydrogen-bond donors (Lipinski definition) is 0. The average molecular weight is 413 g/mol. The van der Waals surface area contributed by atoms with Crippen LogP contribution in [0.5, 0.6) is 0 Å². The number of hydrogen-bond acceptors (Lipinski definition) is 1. The van der Waals surface area contributed by atoms with Crippen molar-refractivity contribution in [3.63, 3.8) is 0 Å². The van der Waals surface area contributed by atoms with E-state index in [0.717, 1.165) is 19.3 Å². The van der Waals surface area contributed by atoms with Gasteiger partial charge in [-0.25, -0.2) is 0 Å². The van der Waals surface area contributed by atoms with E-state index in [9.17, 15) is 4.79 Å². The normalized spacial score (nSPS) is 22.8. The molecule has 0 amide bonds. The van der Waals surface area contributed by atoms with Crippen molar-refractivity contribution in [2.24, 2.45) is 5.41 Å². The molecule has 1 aliphatic carbocycles. The number of carbonyl (C=O) groups excluding carboxylic acids is 1. The number of ketones is 1. The third kappa shape index (κ3) is 6.76. The summed E-state index contributed by atoms with van der Waals surface area (Å²) in [7, 11) is 0. The summed E-state index contributed by atoms with van der Waals surface area (Å²) in [6, 6.07) is 0. The second-order valence-electron chi connectivity index (χ2n) is 7.88. The van der Waals surface area contributed by atoms with Crippen LogP contribution in [-0.4, -0.2) is 24.2 Å². The second kappa shape index (κ2) is 10.2. The monoisotopic (exact) mass is 414 g/mol. The first-order valence-corrected chi connectivity index (χ1v) is 17.4. The molecule has 2 heteroatoms. The first-order valence-electron chi connectivity index (χ1n) is 9.71. The molecule has 0 saturated heterocycles. The molecule has 0 aliphatic heterocycles. The van der Waals surface area contributed by atoms with Crippen molar-refractivity contribution in [1.82, 2.24) is 0 Å². The van der Waals surface area contributed by atoms with Crippen molar-refractivity contribution in [1.29, 1.82) is 0 Å². The van der Waals surface area contributed by atoms with E-state index >= 15 is 0 Å². The zero-order valence-electron chi connectivity index (χ0n) is 15.5. The maximum atomic E-state index is 11.7. The Bertz CT molecular complexity index is 339. The fourth-order valence-electron chi connectivity index (χ4n) is 3.78. The Morgan fingerprint density at radius 1 is 1.00 bits per heavy atom. The van der Waals surface area contributed by atoms with Gasteiger partial charge in [0.15, 0.2) is 0 Å². The predicted octanol–water partition coefficient (Wildman–Crippen LogP) is 6.69. The Morgan fingerprint density at radius 2 is 1.50 bits per heavy atom. The zero-order chi connectivity index (χ0) is 16.5. The van der Waals surface area contributed by atoms with Crippen LogP contribution in [0.4, 0.5) is 0 Å². The number of rotatable bonds is 11. The van der Waals surface area contributed by atoms with Gasteiger partial charge in [-0.3, -0.25) is 0 Å². The molecule has 0 aromatic rings. The van der Waals surface area contributed by atoms with E-state index in [4.69, 9.17) is 0 Å². The van der Waals surface area contributed by atoms with Crippen LogP contribution in [0.25, 0.3) is 0 Å². The summed E-state index contributed by atoms with van der Waals surface area (Å²) in [5.74, 6) is 0.476. The van der Waals surface area contributed by atoms with Gasteiger partial charge in [0.25, 0.3) is 0 Å².